The first kappa shape index (κ1) is 32.0. The molecule has 0 saturated heterocycles. The minimum absolute atomic E-state index is 0.143. The Hall–Kier alpha value is -3.24. The average molecular weight is 662 g/mol. The van der Waals surface area contributed by atoms with Crippen molar-refractivity contribution < 1.29 is 19.1 Å². The van der Waals surface area contributed by atoms with Crippen molar-refractivity contribution in [1.29, 1.82) is 0 Å². The summed E-state index contributed by atoms with van der Waals surface area (Å²) in [4.78, 5) is 24.1. The molecule has 2 N–H and O–H groups in total. The molecule has 0 aliphatic heterocycles. The highest BCUT2D eigenvalue weighted by molar-refractivity contribution is 9.10. The second-order valence-corrected chi connectivity index (χ2v) is 10.2. The first-order valence-corrected chi connectivity index (χ1v) is 14.2. The second-order valence-electron chi connectivity index (χ2n) is 8.42. The van der Waals surface area contributed by atoms with Gasteiger partial charge >= 0.3 is 0 Å². The minimum atomic E-state index is -0.143. The van der Waals surface area contributed by atoms with Gasteiger partial charge in [-0.1, -0.05) is 76.4 Å². The lowest BCUT2D eigenvalue weighted by Crippen LogP contribution is -2.17. The van der Waals surface area contributed by atoms with Crippen LogP contribution in [-0.2, 0) is 9.59 Å². The Morgan fingerprint density at radius 1 is 0.718 bits per heavy atom. The van der Waals surface area contributed by atoms with E-state index < -0.39 is 0 Å². The molecule has 0 aliphatic carbocycles. The Kier molecular flexibility index (Phi) is 15.5. The number of rotatable bonds is 18. The summed E-state index contributed by atoms with van der Waals surface area (Å²) in [5.74, 6) is 1.03. The zero-order valence-electron chi connectivity index (χ0n) is 21.8. The molecule has 0 bridgehead atoms. The van der Waals surface area contributed by atoms with Crippen LogP contribution in [0.15, 0.2) is 80.9 Å². The van der Waals surface area contributed by atoms with Gasteiger partial charge in [-0.25, -0.2) is 10.9 Å². The molecule has 10 heteroatoms. The summed E-state index contributed by atoms with van der Waals surface area (Å²) in [6, 6.07) is 11.1. The van der Waals surface area contributed by atoms with Gasteiger partial charge in [-0.2, -0.15) is 10.2 Å². The van der Waals surface area contributed by atoms with Crippen LogP contribution in [0, 0.1) is 0 Å². The lowest BCUT2D eigenvalue weighted by molar-refractivity contribution is -0.121. The zero-order valence-corrected chi connectivity index (χ0v) is 25.0. The summed E-state index contributed by atoms with van der Waals surface area (Å²) < 4.78 is 13.0. The van der Waals surface area contributed by atoms with E-state index in [0.29, 0.717) is 37.6 Å². The maximum atomic E-state index is 12.1. The van der Waals surface area contributed by atoms with Crippen LogP contribution in [0.4, 0.5) is 0 Å². The standard InChI is InChI=1S/C29H34Br2N4O4/c1-3-16-38-26-14-12-24(30)18-22(26)20-32-34-28(36)10-8-6-5-7-9-11-29(37)35-33-21-23-19-25(31)13-15-27(23)39-17-4-2/h3-4,12-15,18-21H,1-2,5-11,16-17H2,(H,34,36)(H,35,37). The Morgan fingerprint density at radius 3 is 1.54 bits per heavy atom. The Bertz CT molecular complexity index is 1080. The molecule has 2 aromatic carbocycles. The first-order chi connectivity index (χ1) is 18.9. The van der Waals surface area contributed by atoms with Crippen molar-refractivity contribution in [2.45, 2.75) is 44.9 Å². The molecule has 39 heavy (non-hydrogen) atoms. The largest absolute Gasteiger partial charge is 0.489 e. The summed E-state index contributed by atoms with van der Waals surface area (Å²) >= 11 is 6.85. The zero-order chi connectivity index (χ0) is 28.3. The third-order valence-corrected chi connectivity index (χ3v) is 6.24. The van der Waals surface area contributed by atoms with Gasteiger partial charge in [-0.15, -0.1) is 0 Å². The molecule has 0 saturated carbocycles. The van der Waals surface area contributed by atoms with Crippen LogP contribution in [0.1, 0.15) is 56.1 Å². The van der Waals surface area contributed by atoms with E-state index in [1.165, 1.54) is 0 Å². The SMILES string of the molecule is C=CCOc1ccc(Br)cc1C=NNC(=O)CCCCCCCC(=O)NN=Cc1cc(Br)ccc1OCC=C. The molecular formula is C29H34Br2N4O4. The number of unbranched alkanes of at least 4 members (excludes halogenated alkanes) is 4. The van der Waals surface area contributed by atoms with E-state index in [1.807, 2.05) is 36.4 Å². The van der Waals surface area contributed by atoms with Crippen LogP contribution in [0.3, 0.4) is 0 Å². The number of carbonyl (C=O) groups is 2. The van der Waals surface area contributed by atoms with E-state index >= 15 is 0 Å². The number of ether oxygens (including phenoxy) is 2. The number of nitrogens with one attached hydrogen (secondary N) is 2. The maximum Gasteiger partial charge on any atom is 0.240 e. The molecule has 2 rings (SSSR count). The number of nitrogens with zero attached hydrogens (tertiary/aromatic N) is 2. The number of hydrogen-bond acceptors (Lipinski definition) is 6. The maximum absolute atomic E-state index is 12.1. The van der Waals surface area contributed by atoms with Crippen molar-refractivity contribution in [3.63, 3.8) is 0 Å². The highest BCUT2D eigenvalue weighted by Gasteiger charge is 2.05. The van der Waals surface area contributed by atoms with Crippen LogP contribution in [0.25, 0.3) is 0 Å². The molecule has 208 valence electrons. The van der Waals surface area contributed by atoms with Crippen LogP contribution < -0.4 is 20.3 Å². The smallest absolute Gasteiger partial charge is 0.240 e. The van der Waals surface area contributed by atoms with Crippen LogP contribution in [0.2, 0.25) is 0 Å². The Labute approximate surface area is 246 Å². The molecule has 0 aliphatic rings. The van der Waals surface area contributed by atoms with E-state index in [0.717, 1.165) is 52.2 Å². The first-order valence-electron chi connectivity index (χ1n) is 12.6. The number of carbonyl (C=O) groups excluding carboxylic acids is 2. The topological polar surface area (TPSA) is 101 Å². The lowest BCUT2D eigenvalue weighted by Gasteiger charge is -2.07. The third-order valence-electron chi connectivity index (χ3n) is 5.25. The lowest BCUT2D eigenvalue weighted by atomic mass is 10.1. The van der Waals surface area contributed by atoms with E-state index in [9.17, 15) is 9.59 Å². The molecule has 2 amide bonds. The third kappa shape index (κ3) is 13.4. The van der Waals surface area contributed by atoms with E-state index in [-0.39, 0.29) is 11.8 Å². The molecule has 0 aromatic heterocycles. The average Bonchev–Trinajstić information content (AvgIpc) is 2.91. The van der Waals surface area contributed by atoms with Crippen LogP contribution >= 0.6 is 31.9 Å². The van der Waals surface area contributed by atoms with Crippen molar-refractivity contribution in [3.8, 4) is 11.5 Å². The van der Waals surface area contributed by atoms with Crippen molar-refractivity contribution in [1.82, 2.24) is 10.9 Å². The highest BCUT2D eigenvalue weighted by Crippen LogP contribution is 2.23. The predicted octanol–water partition coefficient (Wildman–Crippen LogP) is 6.67. The molecule has 0 radical (unpaired) electrons. The Balaban J connectivity index is 1.59. The molecule has 0 heterocycles. The number of hydrogen-bond donors (Lipinski definition) is 2. The van der Waals surface area contributed by atoms with Crippen molar-refractivity contribution in [2.24, 2.45) is 10.2 Å². The molecule has 8 nitrogen and oxygen atoms in total. The van der Waals surface area contributed by atoms with E-state index in [4.69, 9.17) is 9.47 Å². The van der Waals surface area contributed by atoms with E-state index in [2.05, 4.69) is 66.1 Å². The molecule has 0 fully saturated rings. The quantitative estimate of drug-likeness (QED) is 0.0806. The van der Waals surface area contributed by atoms with Crippen LogP contribution in [-0.4, -0.2) is 37.5 Å². The van der Waals surface area contributed by atoms with Crippen molar-refractivity contribution in [3.05, 3.63) is 81.8 Å². The molecule has 0 atom stereocenters. The van der Waals surface area contributed by atoms with Crippen molar-refractivity contribution in [2.75, 3.05) is 13.2 Å². The van der Waals surface area contributed by atoms with Gasteiger partial charge in [0, 0.05) is 32.9 Å². The van der Waals surface area contributed by atoms with Crippen LogP contribution in [0.5, 0.6) is 11.5 Å². The number of amides is 2. The number of halogens is 2. The Morgan fingerprint density at radius 2 is 1.13 bits per heavy atom. The highest BCUT2D eigenvalue weighted by atomic mass is 79.9. The number of benzene rings is 2. The summed E-state index contributed by atoms with van der Waals surface area (Å²) in [6.07, 6.45) is 11.5. The molecular weight excluding hydrogens is 628 g/mol. The fourth-order valence-corrected chi connectivity index (χ4v) is 4.12. The van der Waals surface area contributed by atoms with Gasteiger partial charge in [0.15, 0.2) is 0 Å². The summed E-state index contributed by atoms with van der Waals surface area (Å²) in [5.41, 5.74) is 6.61. The van der Waals surface area contributed by atoms with Gasteiger partial charge in [-0.05, 0) is 49.2 Å². The van der Waals surface area contributed by atoms with Gasteiger partial charge in [0.2, 0.25) is 11.8 Å². The second kappa shape index (κ2) is 18.9. The normalized spacial score (nSPS) is 10.9. The summed E-state index contributed by atoms with van der Waals surface area (Å²) in [6.45, 7) is 8.05. The minimum Gasteiger partial charge on any atom is -0.489 e. The predicted molar refractivity (Wildman–Crippen MR) is 163 cm³/mol. The monoisotopic (exact) mass is 660 g/mol. The van der Waals surface area contributed by atoms with E-state index in [1.54, 1.807) is 24.6 Å². The summed E-state index contributed by atoms with van der Waals surface area (Å²) in [7, 11) is 0. The van der Waals surface area contributed by atoms with Gasteiger partial charge in [0.1, 0.15) is 24.7 Å². The summed E-state index contributed by atoms with van der Waals surface area (Å²) in [5, 5.41) is 8.09. The van der Waals surface area contributed by atoms with Gasteiger partial charge in [0.25, 0.3) is 0 Å². The molecule has 2 aromatic rings. The van der Waals surface area contributed by atoms with Gasteiger partial charge in [-0.3, -0.25) is 9.59 Å². The molecule has 0 unspecified atom stereocenters. The van der Waals surface area contributed by atoms with Gasteiger partial charge < -0.3 is 9.47 Å². The fraction of sp³-hybridized carbons (Fsp3) is 0.310. The molecule has 0 spiro atoms. The number of hydrazone groups is 2. The van der Waals surface area contributed by atoms with Crippen molar-refractivity contribution >= 4 is 56.1 Å². The fourth-order valence-electron chi connectivity index (χ4n) is 3.36. The van der Waals surface area contributed by atoms with Gasteiger partial charge in [0.05, 0.1) is 12.4 Å².